The lowest BCUT2D eigenvalue weighted by Gasteiger charge is -2.06. The number of aryl methyl sites for hydroxylation is 2. The highest BCUT2D eigenvalue weighted by Gasteiger charge is 2.10. The molecule has 0 atom stereocenters. The number of ether oxygens (including phenoxy) is 1. The summed E-state index contributed by atoms with van der Waals surface area (Å²) < 4.78 is 7.54. The average Bonchev–Trinajstić information content (AvgIpc) is 2.87. The van der Waals surface area contributed by atoms with Gasteiger partial charge in [-0.15, -0.1) is 0 Å². The predicted octanol–water partition coefficient (Wildman–Crippen LogP) is 2.90. The van der Waals surface area contributed by atoms with Gasteiger partial charge in [-0.2, -0.15) is 0 Å². The molecule has 0 bridgehead atoms. The highest BCUT2D eigenvalue weighted by atomic mass is 16.5. The van der Waals surface area contributed by atoms with Gasteiger partial charge in [-0.05, 0) is 38.3 Å². The predicted molar refractivity (Wildman–Crippen MR) is 91.6 cm³/mol. The number of fused-ring (bicyclic) bond motifs is 1. The molecule has 0 aromatic carbocycles. The number of hydrogen-bond acceptors (Lipinski definition) is 3. The van der Waals surface area contributed by atoms with Crippen LogP contribution < -0.4 is 5.32 Å². The van der Waals surface area contributed by atoms with Gasteiger partial charge in [-0.3, -0.25) is 4.79 Å². The Morgan fingerprint density at radius 3 is 2.96 bits per heavy atom. The molecule has 0 radical (unpaired) electrons. The number of unbranched alkanes of at least 4 members (excludes halogenated alkanes) is 1. The van der Waals surface area contributed by atoms with Crippen molar-refractivity contribution < 1.29 is 9.53 Å². The first-order chi connectivity index (χ1) is 11.2. The quantitative estimate of drug-likeness (QED) is 0.686. The Kier molecular flexibility index (Phi) is 7.07. The van der Waals surface area contributed by atoms with Crippen LogP contribution in [0.4, 0.5) is 0 Å². The van der Waals surface area contributed by atoms with E-state index in [4.69, 9.17) is 4.74 Å². The summed E-state index contributed by atoms with van der Waals surface area (Å²) in [6, 6.07) is 5.94. The smallest absolute Gasteiger partial charge is 0.220 e. The average molecular weight is 317 g/mol. The molecule has 0 saturated carbocycles. The van der Waals surface area contributed by atoms with Crippen molar-refractivity contribution in [3.05, 3.63) is 35.8 Å². The zero-order chi connectivity index (χ0) is 16.5. The topological polar surface area (TPSA) is 55.6 Å². The Morgan fingerprint density at radius 1 is 1.30 bits per heavy atom. The SMILES string of the molecule is CCCCOCCCNC(=O)CCc1c(C)nc2ccccn12. The summed E-state index contributed by atoms with van der Waals surface area (Å²) >= 11 is 0. The number of rotatable bonds is 10. The molecular weight excluding hydrogens is 290 g/mol. The van der Waals surface area contributed by atoms with Crippen LogP contribution in [0.1, 0.15) is 44.0 Å². The van der Waals surface area contributed by atoms with Gasteiger partial charge in [-0.25, -0.2) is 4.98 Å². The molecule has 23 heavy (non-hydrogen) atoms. The van der Waals surface area contributed by atoms with Gasteiger partial charge in [0.15, 0.2) is 0 Å². The van der Waals surface area contributed by atoms with E-state index >= 15 is 0 Å². The van der Waals surface area contributed by atoms with Crippen molar-refractivity contribution in [1.29, 1.82) is 0 Å². The molecule has 2 heterocycles. The lowest BCUT2D eigenvalue weighted by atomic mass is 10.2. The fourth-order valence-electron chi connectivity index (χ4n) is 2.54. The number of nitrogens with one attached hydrogen (secondary N) is 1. The Labute approximate surface area is 138 Å². The van der Waals surface area contributed by atoms with Crippen molar-refractivity contribution in [3.8, 4) is 0 Å². The van der Waals surface area contributed by atoms with Gasteiger partial charge in [0.05, 0.1) is 5.69 Å². The molecule has 5 heteroatoms. The minimum atomic E-state index is 0.0869. The second-order valence-electron chi connectivity index (χ2n) is 5.74. The molecule has 0 spiro atoms. The standard InChI is InChI=1S/C18H27N3O2/c1-3-4-13-23-14-7-11-19-18(22)10-9-16-15(2)20-17-8-5-6-12-21(16)17/h5-6,8,12H,3-4,7,9-11,13-14H2,1-2H3,(H,19,22). The first-order valence-corrected chi connectivity index (χ1v) is 8.49. The first kappa shape index (κ1) is 17.5. The number of nitrogens with zero attached hydrogens (tertiary/aromatic N) is 2. The zero-order valence-electron chi connectivity index (χ0n) is 14.2. The summed E-state index contributed by atoms with van der Waals surface area (Å²) in [6.07, 6.45) is 6.31. The van der Waals surface area contributed by atoms with Crippen molar-refractivity contribution in [2.75, 3.05) is 19.8 Å². The lowest BCUT2D eigenvalue weighted by Crippen LogP contribution is -2.25. The summed E-state index contributed by atoms with van der Waals surface area (Å²) in [4.78, 5) is 16.5. The second kappa shape index (κ2) is 9.30. The fourth-order valence-corrected chi connectivity index (χ4v) is 2.54. The van der Waals surface area contributed by atoms with Crippen LogP contribution in [-0.4, -0.2) is 35.1 Å². The van der Waals surface area contributed by atoms with E-state index in [1.165, 1.54) is 0 Å². The van der Waals surface area contributed by atoms with E-state index in [1.54, 1.807) is 0 Å². The molecule has 1 amide bonds. The van der Waals surface area contributed by atoms with E-state index in [2.05, 4.69) is 21.6 Å². The Bertz CT molecular complexity index is 622. The van der Waals surface area contributed by atoms with Gasteiger partial charge in [0, 0.05) is 38.1 Å². The van der Waals surface area contributed by atoms with Crippen LogP contribution in [0.15, 0.2) is 24.4 Å². The maximum Gasteiger partial charge on any atom is 0.220 e. The number of aromatic nitrogens is 2. The van der Waals surface area contributed by atoms with E-state index in [1.807, 2.05) is 31.3 Å². The number of amides is 1. The van der Waals surface area contributed by atoms with Crippen LogP contribution in [-0.2, 0) is 16.0 Å². The van der Waals surface area contributed by atoms with Crippen LogP contribution >= 0.6 is 0 Å². The molecule has 126 valence electrons. The number of pyridine rings is 1. The van der Waals surface area contributed by atoms with Gasteiger partial charge in [-0.1, -0.05) is 19.4 Å². The molecule has 0 aliphatic carbocycles. The molecule has 2 aromatic rings. The van der Waals surface area contributed by atoms with Crippen molar-refractivity contribution >= 4 is 11.6 Å². The summed E-state index contributed by atoms with van der Waals surface area (Å²) in [5, 5.41) is 2.95. The first-order valence-electron chi connectivity index (χ1n) is 8.49. The number of carbonyl (C=O) groups excluding carboxylic acids is 1. The third-order valence-electron chi connectivity index (χ3n) is 3.85. The van der Waals surface area contributed by atoms with E-state index < -0.39 is 0 Å². The van der Waals surface area contributed by atoms with Crippen LogP contribution in [0.3, 0.4) is 0 Å². The summed E-state index contributed by atoms with van der Waals surface area (Å²) in [7, 11) is 0. The van der Waals surface area contributed by atoms with Crippen LogP contribution in [0.2, 0.25) is 0 Å². The van der Waals surface area contributed by atoms with Gasteiger partial charge in [0.2, 0.25) is 5.91 Å². The number of hydrogen-bond donors (Lipinski definition) is 1. The zero-order valence-corrected chi connectivity index (χ0v) is 14.2. The van der Waals surface area contributed by atoms with E-state index in [-0.39, 0.29) is 5.91 Å². The van der Waals surface area contributed by atoms with Crippen molar-refractivity contribution in [1.82, 2.24) is 14.7 Å². The van der Waals surface area contributed by atoms with E-state index in [0.717, 1.165) is 42.9 Å². The van der Waals surface area contributed by atoms with E-state index in [9.17, 15) is 4.79 Å². The summed E-state index contributed by atoms with van der Waals surface area (Å²) in [6.45, 7) is 6.35. The molecule has 0 unspecified atom stereocenters. The summed E-state index contributed by atoms with van der Waals surface area (Å²) in [5.74, 6) is 0.0869. The van der Waals surface area contributed by atoms with Crippen molar-refractivity contribution in [3.63, 3.8) is 0 Å². The third-order valence-corrected chi connectivity index (χ3v) is 3.85. The molecule has 1 N–H and O–H groups in total. The van der Waals surface area contributed by atoms with Crippen LogP contribution in [0.25, 0.3) is 5.65 Å². The molecule has 0 aliphatic heterocycles. The highest BCUT2D eigenvalue weighted by molar-refractivity contribution is 5.76. The third kappa shape index (κ3) is 5.36. The number of imidazole rings is 1. The lowest BCUT2D eigenvalue weighted by molar-refractivity contribution is -0.121. The van der Waals surface area contributed by atoms with Gasteiger partial charge < -0.3 is 14.5 Å². The maximum absolute atomic E-state index is 11.9. The van der Waals surface area contributed by atoms with Gasteiger partial charge in [0.25, 0.3) is 0 Å². The Balaban J connectivity index is 1.69. The Morgan fingerprint density at radius 2 is 2.13 bits per heavy atom. The molecule has 0 aliphatic rings. The largest absolute Gasteiger partial charge is 0.381 e. The molecular formula is C18H27N3O2. The monoisotopic (exact) mass is 317 g/mol. The fraction of sp³-hybridized carbons (Fsp3) is 0.556. The van der Waals surface area contributed by atoms with Crippen molar-refractivity contribution in [2.24, 2.45) is 0 Å². The highest BCUT2D eigenvalue weighted by Crippen LogP contribution is 2.13. The van der Waals surface area contributed by atoms with Crippen LogP contribution in [0.5, 0.6) is 0 Å². The van der Waals surface area contributed by atoms with Crippen LogP contribution in [0, 0.1) is 6.92 Å². The van der Waals surface area contributed by atoms with Crippen molar-refractivity contribution in [2.45, 2.75) is 46.0 Å². The van der Waals surface area contributed by atoms with Gasteiger partial charge in [0.1, 0.15) is 5.65 Å². The van der Waals surface area contributed by atoms with E-state index in [0.29, 0.717) is 26.0 Å². The minimum absolute atomic E-state index is 0.0869. The molecule has 2 aromatic heterocycles. The minimum Gasteiger partial charge on any atom is -0.381 e. The molecule has 2 rings (SSSR count). The maximum atomic E-state index is 11.9. The normalized spacial score (nSPS) is 11.0. The molecule has 0 saturated heterocycles. The second-order valence-corrected chi connectivity index (χ2v) is 5.74. The number of carbonyl (C=O) groups is 1. The van der Waals surface area contributed by atoms with Gasteiger partial charge >= 0.3 is 0 Å². The Hall–Kier alpha value is -1.88. The summed E-state index contributed by atoms with van der Waals surface area (Å²) in [5.41, 5.74) is 3.04. The molecule has 5 nitrogen and oxygen atoms in total. The molecule has 0 fully saturated rings.